The average molecular weight is 362 g/mol. The molecular weight excluding hydrogens is 340 g/mol. The van der Waals surface area contributed by atoms with Gasteiger partial charge in [-0.3, -0.25) is 9.78 Å². The van der Waals surface area contributed by atoms with Crippen molar-refractivity contribution in [3.63, 3.8) is 0 Å². The SMILES string of the molecule is Cc1ncc(N)c(C)c1-c1cc2cc(NC(=O)[C@@H]3C[C@H]3C)ncc2c(N)n1. The van der Waals surface area contributed by atoms with Gasteiger partial charge in [-0.2, -0.15) is 0 Å². The molecule has 0 saturated heterocycles. The van der Waals surface area contributed by atoms with Crippen molar-refractivity contribution in [3.05, 3.63) is 35.8 Å². The van der Waals surface area contributed by atoms with Gasteiger partial charge in [0.05, 0.1) is 17.6 Å². The zero-order valence-corrected chi connectivity index (χ0v) is 15.6. The molecule has 0 unspecified atom stereocenters. The van der Waals surface area contributed by atoms with Gasteiger partial charge in [-0.25, -0.2) is 9.97 Å². The van der Waals surface area contributed by atoms with Crippen LogP contribution in [-0.2, 0) is 4.79 Å². The fourth-order valence-electron chi connectivity index (χ4n) is 3.40. The normalized spacial score (nSPS) is 18.5. The Bertz CT molecular complexity index is 1080. The predicted octanol–water partition coefficient (Wildman–Crippen LogP) is 3.07. The van der Waals surface area contributed by atoms with Gasteiger partial charge >= 0.3 is 0 Å². The minimum absolute atomic E-state index is 0.0170. The second kappa shape index (κ2) is 6.19. The van der Waals surface area contributed by atoms with E-state index in [0.29, 0.717) is 28.9 Å². The van der Waals surface area contributed by atoms with E-state index in [9.17, 15) is 4.79 Å². The van der Waals surface area contributed by atoms with Gasteiger partial charge in [0.25, 0.3) is 0 Å². The van der Waals surface area contributed by atoms with E-state index in [2.05, 4.69) is 27.2 Å². The van der Waals surface area contributed by atoms with Crippen molar-refractivity contribution in [1.82, 2.24) is 15.0 Å². The first-order chi connectivity index (χ1) is 12.8. The van der Waals surface area contributed by atoms with Crippen LogP contribution in [0.5, 0.6) is 0 Å². The Morgan fingerprint density at radius 3 is 2.63 bits per heavy atom. The van der Waals surface area contributed by atoms with Gasteiger partial charge in [0.1, 0.15) is 11.6 Å². The van der Waals surface area contributed by atoms with Gasteiger partial charge < -0.3 is 16.8 Å². The lowest BCUT2D eigenvalue weighted by Gasteiger charge is -2.13. The number of nitrogen functional groups attached to an aromatic ring is 2. The topological polar surface area (TPSA) is 120 Å². The Morgan fingerprint density at radius 2 is 1.93 bits per heavy atom. The lowest BCUT2D eigenvalue weighted by atomic mass is 10.0. The number of aromatic nitrogens is 3. The molecule has 0 aromatic carbocycles. The van der Waals surface area contributed by atoms with E-state index in [1.54, 1.807) is 12.4 Å². The maximum Gasteiger partial charge on any atom is 0.228 e. The third kappa shape index (κ3) is 3.05. The number of carbonyl (C=O) groups is 1. The van der Waals surface area contributed by atoms with Gasteiger partial charge in [0.2, 0.25) is 5.91 Å². The molecule has 1 amide bonds. The maximum absolute atomic E-state index is 12.2. The number of pyridine rings is 3. The average Bonchev–Trinajstić information content (AvgIpc) is 3.35. The molecule has 1 saturated carbocycles. The van der Waals surface area contributed by atoms with Crippen LogP contribution in [0.15, 0.2) is 24.5 Å². The summed E-state index contributed by atoms with van der Waals surface area (Å²) < 4.78 is 0. The highest BCUT2D eigenvalue weighted by molar-refractivity contribution is 5.98. The molecule has 1 aliphatic rings. The number of hydrogen-bond acceptors (Lipinski definition) is 6. The number of nitrogens with zero attached hydrogens (tertiary/aromatic N) is 3. The van der Waals surface area contributed by atoms with Gasteiger partial charge in [-0.1, -0.05) is 6.92 Å². The van der Waals surface area contributed by atoms with E-state index < -0.39 is 0 Å². The molecule has 7 nitrogen and oxygen atoms in total. The summed E-state index contributed by atoms with van der Waals surface area (Å²) >= 11 is 0. The fraction of sp³-hybridized carbons (Fsp3) is 0.300. The van der Waals surface area contributed by atoms with Crippen molar-refractivity contribution in [3.8, 4) is 11.3 Å². The number of nitrogens with two attached hydrogens (primary N) is 2. The van der Waals surface area contributed by atoms with Crippen LogP contribution in [0.25, 0.3) is 22.0 Å². The van der Waals surface area contributed by atoms with E-state index >= 15 is 0 Å². The van der Waals surface area contributed by atoms with Gasteiger partial charge in [0, 0.05) is 28.8 Å². The van der Waals surface area contributed by atoms with Crippen LogP contribution in [0.4, 0.5) is 17.3 Å². The first kappa shape index (κ1) is 17.2. The molecule has 0 spiro atoms. The lowest BCUT2D eigenvalue weighted by molar-refractivity contribution is -0.117. The van der Waals surface area contributed by atoms with Crippen LogP contribution in [0.2, 0.25) is 0 Å². The summed E-state index contributed by atoms with van der Waals surface area (Å²) in [6.45, 7) is 5.93. The molecule has 27 heavy (non-hydrogen) atoms. The van der Waals surface area contributed by atoms with E-state index in [1.165, 1.54) is 0 Å². The summed E-state index contributed by atoms with van der Waals surface area (Å²) in [6, 6.07) is 3.76. The Morgan fingerprint density at radius 1 is 1.19 bits per heavy atom. The summed E-state index contributed by atoms with van der Waals surface area (Å²) in [4.78, 5) is 25.4. The summed E-state index contributed by atoms with van der Waals surface area (Å²) in [6.07, 6.45) is 4.22. The van der Waals surface area contributed by atoms with E-state index in [1.807, 2.05) is 26.0 Å². The highest BCUT2D eigenvalue weighted by Gasteiger charge is 2.39. The number of nitrogens with one attached hydrogen (secondary N) is 1. The Labute approximate surface area is 157 Å². The van der Waals surface area contributed by atoms with Crippen LogP contribution in [0, 0.1) is 25.7 Å². The van der Waals surface area contributed by atoms with Crippen LogP contribution < -0.4 is 16.8 Å². The first-order valence-corrected chi connectivity index (χ1v) is 8.94. The predicted molar refractivity (Wildman–Crippen MR) is 107 cm³/mol. The van der Waals surface area contributed by atoms with Crippen LogP contribution in [-0.4, -0.2) is 20.9 Å². The molecular formula is C20H22N6O. The van der Waals surface area contributed by atoms with Crippen molar-refractivity contribution in [2.75, 3.05) is 16.8 Å². The van der Waals surface area contributed by atoms with Gasteiger partial charge in [0.15, 0.2) is 0 Å². The van der Waals surface area contributed by atoms with Crippen molar-refractivity contribution < 1.29 is 4.79 Å². The summed E-state index contributed by atoms with van der Waals surface area (Å²) in [5, 5.41) is 4.49. The standard InChI is InChI=1S/C20H22N6O/c1-9-4-13(9)20(27)26-17-6-12-5-16(25-19(22)14(12)7-24-17)18-10(2)15(21)8-23-11(18)3/h5-9,13H,4,21H2,1-3H3,(H2,22,25)(H,24,26,27)/t9-,13-/m1/s1. The lowest BCUT2D eigenvalue weighted by Crippen LogP contribution is -2.15. The Kier molecular flexibility index (Phi) is 3.95. The zero-order chi connectivity index (χ0) is 19.3. The maximum atomic E-state index is 12.2. The number of anilines is 3. The number of aryl methyl sites for hydroxylation is 1. The minimum atomic E-state index is 0.0170. The van der Waals surface area contributed by atoms with Crippen molar-refractivity contribution in [2.45, 2.75) is 27.2 Å². The molecule has 7 heteroatoms. The molecule has 0 radical (unpaired) electrons. The fourth-order valence-corrected chi connectivity index (χ4v) is 3.40. The summed E-state index contributed by atoms with van der Waals surface area (Å²) in [5.74, 6) is 1.44. The summed E-state index contributed by atoms with van der Waals surface area (Å²) in [5.41, 5.74) is 16.1. The Balaban J connectivity index is 1.78. The molecule has 5 N–H and O–H groups in total. The zero-order valence-electron chi connectivity index (χ0n) is 15.6. The summed E-state index contributed by atoms with van der Waals surface area (Å²) in [7, 11) is 0. The molecule has 3 aromatic rings. The monoisotopic (exact) mass is 362 g/mol. The number of carbonyl (C=O) groups excluding carboxylic acids is 1. The van der Waals surface area contributed by atoms with Crippen LogP contribution >= 0.6 is 0 Å². The highest BCUT2D eigenvalue weighted by atomic mass is 16.2. The first-order valence-electron chi connectivity index (χ1n) is 8.94. The van der Waals surface area contributed by atoms with E-state index in [-0.39, 0.29) is 11.8 Å². The second-order valence-electron chi connectivity index (χ2n) is 7.29. The molecule has 3 heterocycles. The molecule has 2 atom stereocenters. The van der Waals surface area contributed by atoms with E-state index in [0.717, 1.165) is 34.0 Å². The molecule has 0 aliphatic heterocycles. The van der Waals surface area contributed by atoms with Gasteiger partial charge in [-0.15, -0.1) is 0 Å². The molecule has 3 aromatic heterocycles. The molecule has 4 rings (SSSR count). The quantitative estimate of drug-likeness (QED) is 0.658. The molecule has 0 bridgehead atoms. The van der Waals surface area contributed by atoms with Crippen LogP contribution in [0.3, 0.4) is 0 Å². The van der Waals surface area contributed by atoms with Crippen molar-refractivity contribution >= 4 is 34.0 Å². The van der Waals surface area contributed by atoms with Crippen molar-refractivity contribution in [2.24, 2.45) is 11.8 Å². The van der Waals surface area contributed by atoms with Gasteiger partial charge in [-0.05, 0) is 49.3 Å². The molecule has 1 fully saturated rings. The molecule has 138 valence electrons. The number of hydrogen-bond donors (Lipinski definition) is 3. The van der Waals surface area contributed by atoms with E-state index in [4.69, 9.17) is 11.5 Å². The largest absolute Gasteiger partial charge is 0.397 e. The number of rotatable bonds is 3. The number of amides is 1. The third-order valence-corrected chi connectivity index (χ3v) is 5.27. The second-order valence-corrected chi connectivity index (χ2v) is 7.29. The van der Waals surface area contributed by atoms with Crippen molar-refractivity contribution in [1.29, 1.82) is 0 Å². The number of fused-ring (bicyclic) bond motifs is 1. The third-order valence-electron chi connectivity index (χ3n) is 5.27. The Hall–Kier alpha value is -3.22. The smallest absolute Gasteiger partial charge is 0.228 e. The highest BCUT2D eigenvalue weighted by Crippen LogP contribution is 2.38. The molecule has 1 aliphatic carbocycles. The van der Waals surface area contributed by atoms with Crippen LogP contribution in [0.1, 0.15) is 24.6 Å². The minimum Gasteiger partial charge on any atom is -0.397 e.